The smallest absolute Gasteiger partial charge is 0.330 e. The van der Waals surface area contributed by atoms with Crippen molar-refractivity contribution >= 4 is 27.6 Å². The van der Waals surface area contributed by atoms with Crippen LogP contribution in [0.15, 0.2) is 12.7 Å². The predicted octanol–water partition coefficient (Wildman–Crippen LogP) is 6.37. The summed E-state index contributed by atoms with van der Waals surface area (Å²) in [7, 11) is 4.08. The first-order valence-corrected chi connectivity index (χ1v) is 11.5. The average molecular weight is 361 g/mol. The van der Waals surface area contributed by atoms with Crippen molar-refractivity contribution in [2.75, 3.05) is 18.1 Å². The molecule has 0 fully saturated rings. The summed E-state index contributed by atoms with van der Waals surface area (Å²) in [5, 5.41) is 0. The van der Waals surface area contributed by atoms with E-state index < -0.39 is 0 Å². The second kappa shape index (κ2) is 15.4. The molecule has 0 heterocycles. The molecule has 0 aliphatic rings. The van der Waals surface area contributed by atoms with Crippen molar-refractivity contribution in [3.63, 3.8) is 0 Å². The largest absolute Gasteiger partial charge is 0.463 e. The minimum absolute atomic E-state index is 0.311. The summed E-state index contributed by atoms with van der Waals surface area (Å²) in [6.07, 6.45) is 8.51. The summed E-state index contributed by atoms with van der Waals surface area (Å²) in [6.45, 7) is 13.2. The second-order valence-corrected chi connectivity index (χ2v) is 9.64. The normalized spacial score (nSPS) is 11.4. The van der Waals surface area contributed by atoms with Gasteiger partial charge in [0.15, 0.2) is 0 Å². The van der Waals surface area contributed by atoms with Crippen LogP contribution in [-0.4, -0.2) is 24.1 Å². The van der Waals surface area contributed by atoms with Crippen LogP contribution in [0.25, 0.3) is 0 Å². The molecular formula is C19H36O2S2. The first-order chi connectivity index (χ1) is 11.0. The fraction of sp³-hybridized carbons (Fsp3) is 0.842. The number of hydrogen-bond donors (Lipinski definition) is 0. The maximum atomic E-state index is 10.9. The Morgan fingerprint density at radius 2 is 1.61 bits per heavy atom. The lowest BCUT2D eigenvalue weighted by Crippen LogP contribution is -2.10. The SMILES string of the molecule is C=CC(=O)OCCCCCCSSCC(CC(C)C)CC(C)C. The Morgan fingerprint density at radius 3 is 2.17 bits per heavy atom. The van der Waals surface area contributed by atoms with E-state index in [4.69, 9.17) is 4.74 Å². The standard InChI is InChI=1S/C19H36O2S2/c1-6-19(20)21-11-9-7-8-10-12-22-23-15-18(13-16(2)3)14-17(4)5/h6,16-18H,1,7-15H2,2-5H3. The van der Waals surface area contributed by atoms with Crippen LogP contribution < -0.4 is 0 Å². The van der Waals surface area contributed by atoms with E-state index >= 15 is 0 Å². The molecule has 0 saturated carbocycles. The van der Waals surface area contributed by atoms with Crippen LogP contribution in [-0.2, 0) is 9.53 Å². The third kappa shape index (κ3) is 16.5. The minimum Gasteiger partial charge on any atom is -0.463 e. The molecule has 0 aromatic carbocycles. The van der Waals surface area contributed by atoms with Crippen molar-refractivity contribution < 1.29 is 9.53 Å². The predicted molar refractivity (Wildman–Crippen MR) is 107 cm³/mol. The molecule has 0 aliphatic carbocycles. The first kappa shape index (κ1) is 22.9. The number of carbonyl (C=O) groups is 1. The molecule has 0 saturated heterocycles. The van der Waals surface area contributed by atoms with Gasteiger partial charge in [0, 0.05) is 17.6 Å². The minimum atomic E-state index is -0.311. The molecular weight excluding hydrogens is 324 g/mol. The second-order valence-electron chi connectivity index (χ2n) is 7.02. The van der Waals surface area contributed by atoms with Gasteiger partial charge in [0.05, 0.1) is 6.61 Å². The Labute approximate surface area is 152 Å². The van der Waals surface area contributed by atoms with Crippen molar-refractivity contribution in [3.05, 3.63) is 12.7 Å². The van der Waals surface area contributed by atoms with E-state index in [1.54, 1.807) is 0 Å². The number of rotatable bonds is 15. The molecule has 0 radical (unpaired) electrons. The van der Waals surface area contributed by atoms with Gasteiger partial charge in [-0.05, 0) is 43.4 Å². The topological polar surface area (TPSA) is 26.3 Å². The third-order valence-electron chi connectivity index (χ3n) is 3.53. The van der Waals surface area contributed by atoms with E-state index in [1.807, 2.05) is 10.8 Å². The van der Waals surface area contributed by atoms with Crippen molar-refractivity contribution in [2.24, 2.45) is 17.8 Å². The number of hydrogen-bond acceptors (Lipinski definition) is 4. The van der Waals surface area contributed by atoms with Crippen molar-refractivity contribution in [1.82, 2.24) is 0 Å². The Bertz CT molecular complexity index is 294. The zero-order chi connectivity index (χ0) is 17.5. The maximum Gasteiger partial charge on any atom is 0.330 e. The molecule has 0 atom stereocenters. The number of carbonyl (C=O) groups excluding carboxylic acids is 1. The van der Waals surface area contributed by atoms with Gasteiger partial charge in [0.1, 0.15) is 0 Å². The van der Waals surface area contributed by atoms with Crippen LogP contribution in [0, 0.1) is 17.8 Å². The van der Waals surface area contributed by atoms with Gasteiger partial charge < -0.3 is 4.74 Å². The van der Waals surface area contributed by atoms with Crippen LogP contribution in [0.1, 0.15) is 66.2 Å². The summed E-state index contributed by atoms with van der Waals surface area (Å²) in [5.41, 5.74) is 0. The van der Waals surface area contributed by atoms with Gasteiger partial charge in [-0.25, -0.2) is 4.79 Å². The van der Waals surface area contributed by atoms with Crippen LogP contribution in [0.5, 0.6) is 0 Å². The lowest BCUT2D eigenvalue weighted by atomic mass is 9.91. The molecule has 0 N–H and O–H groups in total. The molecule has 0 amide bonds. The zero-order valence-corrected chi connectivity index (χ0v) is 17.1. The fourth-order valence-corrected chi connectivity index (χ4v) is 5.19. The Hall–Kier alpha value is -0.0900. The highest BCUT2D eigenvalue weighted by molar-refractivity contribution is 8.76. The van der Waals surface area contributed by atoms with Gasteiger partial charge in [-0.2, -0.15) is 0 Å². The molecule has 0 rings (SSSR count). The number of esters is 1. The molecule has 0 aromatic rings. The van der Waals surface area contributed by atoms with Crippen LogP contribution in [0.2, 0.25) is 0 Å². The highest BCUT2D eigenvalue weighted by Gasteiger charge is 2.13. The molecule has 2 nitrogen and oxygen atoms in total. The molecule has 0 bridgehead atoms. The highest BCUT2D eigenvalue weighted by Crippen LogP contribution is 2.30. The van der Waals surface area contributed by atoms with E-state index in [2.05, 4.69) is 45.1 Å². The average Bonchev–Trinajstić information content (AvgIpc) is 2.47. The summed E-state index contributed by atoms with van der Waals surface area (Å²) in [5.74, 6) is 4.69. The fourth-order valence-electron chi connectivity index (χ4n) is 2.62. The van der Waals surface area contributed by atoms with Crippen molar-refractivity contribution in [2.45, 2.75) is 66.2 Å². The molecule has 0 aliphatic heterocycles. The summed E-state index contributed by atoms with van der Waals surface area (Å²) >= 11 is 0. The van der Waals surface area contributed by atoms with Gasteiger partial charge in [0.2, 0.25) is 0 Å². The first-order valence-electron chi connectivity index (χ1n) is 8.99. The number of ether oxygens (including phenoxy) is 1. The maximum absolute atomic E-state index is 10.9. The molecule has 0 spiro atoms. The summed E-state index contributed by atoms with van der Waals surface area (Å²) in [6, 6.07) is 0. The molecule has 23 heavy (non-hydrogen) atoms. The molecule has 4 heteroatoms. The van der Waals surface area contributed by atoms with E-state index in [1.165, 1.54) is 43.3 Å². The quantitative estimate of drug-likeness (QED) is 0.147. The van der Waals surface area contributed by atoms with E-state index in [0.717, 1.165) is 30.6 Å². The van der Waals surface area contributed by atoms with E-state index in [0.29, 0.717) is 6.61 Å². The van der Waals surface area contributed by atoms with Gasteiger partial charge in [-0.15, -0.1) is 0 Å². The highest BCUT2D eigenvalue weighted by atomic mass is 33.1. The van der Waals surface area contributed by atoms with Crippen molar-refractivity contribution in [3.8, 4) is 0 Å². The number of unbranched alkanes of at least 4 members (excludes halogenated alkanes) is 3. The molecule has 136 valence electrons. The Kier molecular flexibility index (Phi) is 15.4. The monoisotopic (exact) mass is 360 g/mol. The zero-order valence-electron chi connectivity index (χ0n) is 15.5. The molecule has 0 unspecified atom stereocenters. The Balaban J connectivity index is 3.48. The lowest BCUT2D eigenvalue weighted by molar-refractivity contribution is -0.137. The van der Waals surface area contributed by atoms with E-state index in [-0.39, 0.29) is 5.97 Å². The van der Waals surface area contributed by atoms with E-state index in [9.17, 15) is 4.79 Å². The third-order valence-corrected chi connectivity index (χ3v) is 6.17. The van der Waals surface area contributed by atoms with Gasteiger partial charge in [0.25, 0.3) is 0 Å². The van der Waals surface area contributed by atoms with Gasteiger partial charge in [-0.3, -0.25) is 0 Å². The van der Waals surface area contributed by atoms with Gasteiger partial charge >= 0.3 is 5.97 Å². The Morgan fingerprint density at radius 1 is 1.00 bits per heavy atom. The summed E-state index contributed by atoms with van der Waals surface area (Å²) < 4.78 is 4.96. The van der Waals surface area contributed by atoms with Crippen LogP contribution in [0.3, 0.4) is 0 Å². The van der Waals surface area contributed by atoms with Gasteiger partial charge in [-0.1, -0.05) is 68.7 Å². The molecule has 0 aromatic heterocycles. The summed E-state index contributed by atoms with van der Waals surface area (Å²) in [4.78, 5) is 10.9. The lowest BCUT2D eigenvalue weighted by Gasteiger charge is -2.20. The van der Waals surface area contributed by atoms with Crippen molar-refractivity contribution in [1.29, 1.82) is 0 Å². The van der Waals surface area contributed by atoms with Crippen LogP contribution >= 0.6 is 21.6 Å². The van der Waals surface area contributed by atoms with Crippen LogP contribution in [0.4, 0.5) is 0 Å².